The molecule has 16 heavy (non-hydrogen) atoms. The third-order valence-electron chi connectivity index (χ3n) is 2.34. The summed E-state index contributed by atoms with van der Waals surface area (Å²) in [6.45, 7) is 3.19. The molecule has 2 aromatic rings. The zero-order valence-corrected chi connectivity index (χ0v) is 9.83. The number of aliphatic hydroxyl groups excluding tert-OH is 1. The van der Waals surface area contributed by atoms with Crippen LogP contribution in [0.25, 0.3) is 0 Å². The van der Waals surface area contributed by atoms with E-state index in [0.29, 0.717) is 12.3 Å². The molecule has 0 aliphatic carbocycles. The van der Waals surface area contributed by atoms with E-state index in [0.717, 1.165) is 12.2 Å². The Labute approximate surface area is 97.9 Å². The van der Waals surface area contributed by atoms with Crippen molar-refractivity contribution < 1.29 is 9.52 Å². The maximum atomic E-state index is 9.74. The van der Waals surface area contributed by atoms with Crippen LogP contribution in [-0.4, -0.2) is 16.6 Å². The van der Waals surface area contributed by atoms with Crippen molar-refractivity contribution in [1.82, 2.24) is 10.3 Å². The van der Waals surface area contributed by atoms with Crippen molar-refractivity contribution in [2.45, 2.75) is 19.6 Å². The quantitative estimate of drug-likeness (QED) is 0.835. The zero-order chi connectivity index (χ0) is 11.4. The lowest BCUT2D eigenvalue weighted by atomic mass is 10.2. The molecule has 86 valence electrons. The minimum absolute atomic E-state index is 0.477. The molecular weight excluding hydrogens is 224 g/mol. The van der Waals surface area contributed by atoms with E-state index in [1.165, 1.54) is 4.88 Å². The zero-order valence-electron chi connectivity index (χ0n) is 9.01. The van der Waals surface area contributed by atoms with Crippen molar-refractivity contribution >= 4 is 11.3 Å². The number of rotatable bonds is 5. The summed E-state index contributed by atoms with van der Waals surface area (Å²) in [5.41, 5.74) is 2.87. The predicted molar refractivity (Wildman–Crippen MR) is 62.2 cm³/mol. The average Bonchev–Trinajstić information content (AvgIpc) is 2.90. The molecule has 0 aromatic carbocycles. The molecule has 0 saturated heterocycles. The molecule has 0 saturated carbocycles. The molecule has 0 aliphatic rings. The SMILES string of the molecule is Cc1ncsc1CNC[C@H](O)c1ccco1. The first-order valence-corrected chi connectivity index (χ1v) is 5.96. The smallest absolute Gasteiger partial charge is 0.133 e. The van der Waals surface area contributed by atoms with Crippen LogP contribution in [0.3, 0.4) is 0 Å². The van der Waals surface area contributed by atoms with E-state index in [9.17, 15) is 5.11 Å². The van der Waals surface area contributed by atoms with Gasteiger partial charge >= 0.3 is 0 Å². The molecule has 0 bridgehead atoms. The first-order chi connectivity index (χ1) is 7.77. The summed E-state index contributed by atoms with van der Waals surface area (Å²) in [4.78, 5) is 5.36. The van der Waals surface area contributed by atoms with E-state index in [-0.39, 0.29) is 0 Å². The van der Waals surface area contributed by atoms with Gasteiger partial charge < -0.3 is 14.8 Å². The van der Waals surface area contributed by atoms with Crippen LogP contribution >= 0.6 is 11.3 Å². The number of hydrogen-bond acceptors (Lipinski definition) is 5. The van der Waals surface area contributed by atoms with Crippen LogP contribution < -0.4 is 5.32 Å². The van der Waals surface area contributed by atoms with Gasteiger partial charge in [0.1, 0.15) is 11.9 Å². The third-order valence-corrected chi connectivity index (χ3v) is 3.27. The number of aromatic nitrogens is 1. The Morgan fingerprint density at radius 1 is 1.62 bits per heavy atom. The van der Waals surface area contributed by atoms with Crippen LogP contribution in [0, 0.1) is 6.92 Å². The van der Waals surface area contributed by atoms with Crippen LogP contribution in [0.2, 0.25) is 0 Å². The number of aliphatic hydroxyl groups is 1. The van der Waals surface area contributed by atoms with Crippen LogP contribution in [0.1, 0.15) is 22.4 Å². The van der Waals surface area contributed by atoms with Crippen LogP contribution in [0.4, 0.5) is 0 Å². The van der Waals surface area contributed by atoms with E-state index >= 15 is 0 Å². The van der Waals surface area contributed by atoms with Crippen molar-refractivity contribution in [2.75, 3.05) is 6.54 Å². The van der Waals surface area contributed by atoms with Gasteiger partial charge in [0.05, 0.1) is 17.5 Å². The largest absolute Gasteiger partial charge is 0.467 e. The second kappa shape index (κ2) is 5.25. The number of aryl methyl sites for hydroxylation is 1. The van der Waals surface area contributed by atoms with Crippen molar-refractivity contribution in [1.29, 1.82) is 0 Å². The summed E-state index contributed by atoms with van der Waals surface area (Å²) in [5, 5.41) is 12.9. The molecule has 4 nitrogen and oxygen atoms in total. The van der Waals surface area contributed by atoms with Gasteiger partial charge in [0.2, 0.25) is 0 Å². The third kappa shape index (κ3) is 2.69. The maximum absolute atomic E-state index is 9.74. The lowest BCUT2D eigenvalue weighted by molar-refractivity contribution is 0.147. The van der Waals surface area contributed by atoms with Crippen LogP contribution in [0.15, 0.2) is 28.3 Å². The standard InChI is InChI=1S/C11H14N2O2S/c1-8-11(16-7-13-8)6-12-5-9(14)10-3-2-4-15-10/h2-4,7,9,12,14H,5-6H2,1H3/t9-/m0/s1. The molecule has 2 N–H and O–H groups in total. The van der Waals surface area contributed by atoms with Crippen LogP contribution in [0.5, 0.6) is 0 Å². The number of hydrogen-bond donors (Lipinski definition) is 2. The van der Waals surface area contributed by atoms with Gasteiger partial charge in [0, 0.05) is 18.0 Å². The van der Waals surface area contributed by atoms with Gasteiger partial charge in [-0.1, -0.05) is 0 Å². The Balaban J connectivity index is 1.78. The lowest BCUT2D eigenvalue weighted by Gasteiger charge is -2.08. The normalized spacial score (nSPS) is 12.9. The van der Waals surface area contributed by atoms with Crippen molar-refractivity contribution in [3.63, 3.8) is 0 Å². The Bertz CT molecular complexity index is 425. The van der Waals surface area contributed by atoms with Crippen molar-refractivity contribution in [3.8, 4) is 0 Å². The van der Waals surface area contributed by atoms with Crippen molar-refractivity contribution in [3.05, 3.63) is 40.2 Å². The van der Waals surface area contributed by atoms with Gasteiger partial charge in [-0.25, -0.2) is 4.98 Å². The molecule has 0 unspecified atom stereocenters. The average molecular weight is 238 g/mol. The van der Waals surface area contributed by atoms with Gasteiger partial charge in [-0.15, -0.1) is 11.3 Å². The van der Waals surface area contributed by atoms with Gasteiger partial charge in [-0.2, -0.15) is 0 Å². The Hall–Kier alpha value is -1.17. The summed E-state index contributed by atoms with van der Waals surface area (Å²) in [6, 6.07) is 3.54. The first-order valence-electron chi connectivity index (χ1n) is 5.08. The maximum Gasteiger partial charge on any atom is 0.133 e. The minimum atomic E-state index is -0.594. The molecular formula is C11H14N2O2S. The van der Waals surface area contributed by atoms with E-state index in [1.54, 1.807) is 29.7 Å². The van der Waals surface area contributed by atoms with Crippen LogP contribution in [-0.2, 0) is 6.54 Å². The number of furan rings is 1. The van der Waals surface area contributed by atoms with E-state index < -0.39 is 6.10 Å². The predicted octanol–water partition coefficient (Wildman–Crippen LogP) is 1.87. The molecule has 2 heterocycles. The molecule has 0 spiro atoms. The Morgan fingerprint density at radius 2 is 2.50 bits per heavy atom. The van der Waals surface area contributed by atoms with E-state index in [4.69, 9.17) is 4.42 Å². The van der Waals surface area contributed by atoms with Gasteiger partial charge in [0.25, 0.3) is 0 Å². The summed E-state index contributed by atoms with van der Waals surface area (Å²) in [6.07, 6.45) is 0.967. The summed E-state index contributed by atoms with van der Waals surface area (Å²) >= 11 is 1.62. The molecule has 0 amide bonds. The highest BCUT2D eigenvalue weighted by Gasteiger charge is 2.09. The summed E-state index contributed by atoms with van der Waals surface area (Å²) in [5.74, 6) is 0.591. The Kier molecular flexibility index (Phi) is 3.71. The summed E-state index contributed by atoms with van der Waals surface area (Å²) in [7, 11) is 0. The molecule has 0 radical (unpaired) electrons. The fraction of sp³-hybridized carbons (Fsp3) is 0.364. The topological polar surface area (TPSA) is 58.3 Å². The molecule has 0 aliphatic heterocycles. The molecule has 1 atom stereocenters. The highest BCUT2D eigenvalue weighted by molar-refractivity contribution is 7.09. The minimum Gasteiger partial charge on any atom is -0.467 e. The molecule has 5 heteroatoms. The second-order valence-electron chi connectivity index (χ2n) is 3.52. The number of thiazole rings is 1. The van der Waals surface area contributed by atoms with E-state index in [2.05, 4.69) is 10.3 Å². The monoisotopic (exact) mass is 238 g/mol. The highest BCUT2D eigenvalue weighted by Crippen LogP contribution is 2.14. The fourth-order valence-electron chi connectivity index (χ4n) is 1.40. The van der Waals surface area contributed by atoms with Crippen molar-refractivity contribution in [2.24, 2.45) is 0 Å². The van der Waals surface area contributed by atoms with Gasteiger partial charge in [-0.3, -0.25) is 0 Å². The molecule has 2 aromatic heterocycles. The lowest BCUT2D eigenvalue weighted by Crippen LogP contribution is -2.20. The number of nitrogens with zero attached hydrogens (tertiary/aromatic N) is 1. The van der Waals surface area contributed by atoms with Gasteiger partial charge in [-0.05, 0) is 19.1 Å². The Morgan fingerprint density at radius 3 is 3.12 bits per heavy atom. The summed E-state index contributed by atoms with van der Waals surface area (Å²) < 4.78 is 5.11. The fourth-order valence-corrected chi connectivity index (χ4v) is 2.15. The first kappa shape index (κ1) is 11.3. The molecule has 0 fully saturated rings. The molecule has 2 rings (SSSR count). The highest BCUT2D eigenvalue weighted by atomic mass is 32.1. The second-order valence-corrected chi connectivity index (χ2v) is 4.46. The number of nitrogens with one attached hydrogen (secondary N) is 1. The van der Waals surface area contributed by atoms with Gasteiger partial charge in [0.15, 0.2) is 0 Å². The van der Waals surface area contributed by atoms with E-state index in [1.807, 2.05) is 12.4 Å².